The maximum Gasteiger partial charge on any atom is 0.0358 e. The molecule has 0 amide bonds. The van der Waals surface area contributed by atoms with E-state index in [0.29, 0.717) is 0 Å². The van der Waals surface area contributed by atoms with Crippen LogP contribution in [0, 0.1) is 0 Å². The van der Waals surface area contributed by atoms with Gasteiger partial charge in [-0.25, -0.2) is 0 Å². The van der Waals surface area contributed by atoms with Crippen LogP contribution in [0.5, 0.6) is 0 Å². The minimum absolute atomic E-state index is 0. The van der Waals surface area contributed by atoms with E-state index in [-0.39, 0.29) is 18.4 Å². The molecule has 1 heterocycles. The maximum absolute atomic E-state index is 6.27. The average molecular weight is 316 g/mol. The number of halogens is 1. The normalized spacial score (nSPS) is 11.9. The lowest BCUT2D eigenvalue weighted by Gasteiger charge is -2.14. The molecule has 0 aliphatic heterocycles. The Morgan fingerprint density at radius 3 is 2.57 bits per heavy atom. The van der Waals surface area contributed by atoms with Crippen molar-refractivity contribution in [3.8, 4) is 10.4 Å². The topological polar surface area (TPSA) is 26.0 Å². The molecule has 1 atom stereocenters. The van der Waals surface area contributed by atoms with Crippen LogP contribution < -0.4 is 5.73 Å². The predicted octanol–water partition coefficient (Wildman–Crippen LogP) is 5.57. The largest absolute Gasteiger partial charge is 0.324 e. The second kappa shape index (κ2) is 6.90. The molecule has 0 radical (unpaired) electrons. The summed E-state index contributed by atoms with van der Waals surface area (Å²) in [6.07, 6.45) is 2.67. The van der Waals surface area contributed by atoms with Crippen molar-refractivity contribution in [3.05, 3.63) is 72.8 Å². The van der Waals surface area contributed by atoms with Gasteiger partial charge in [-0.3, -0.25) is 0 Å². The number of nitrogens with two attached hydrogens (primary N) is 1. The van der Waals surface area contributed by atoms with Crippen LogP contribution in [-0.2, 0) is 0 Å². The fourth-order valence-corrected chi connectivity index (χ4v) is 3.58. The molecule has 2 N–H and O–H groups in total. The molecule has 0 spiro atoms. The Balaban J connectivity index is 0.00000161. The van der Waals surface area contributed by atoms with Crippen molar-refractivity contribution >= 4 is 33.8 Å². The van der Waals surface area contributed by atoms with Gasteiger partial charge < -0.3 is 5.73 Å². The van der Waals surface area contributed by atoms with E-state index >= 15 is 0 Å². The third-order valence-electron chi connectivity index (χ3n) is 3.47. The first kappa shape index (κ1) is 15.8. The number of rotatable bonds is 4. The number of hydrogen-bond acceptors (Lipinski definition) is 2. The van der Waals surface area contributed by atoms with Crippen molar-refractivity contribution < 1.29 is 0 Å². The van der Waals surface area contributed by atoms with E-state index in [4.69, 9.17) is 5.73 Å². The van der Waals surface area contributed by atoms with E-state index in [2.05, 4.69) is 61.2 Å². The quantitative estimate of drug-likeness (QED) is 0.626. The molecule has 0 fully saturated rings. The molecule has 0 saturated heterocycles. The van der Waals surface area contributed by atoms with Crippen molar-refractivity contribution in [1.82, 2.24) is 0 Å². The average Bonchev–Trinajstić information content (AvgIpc) is 2.91. The van der Waals surface area contributed by atoms with Crippen molar-refractivity contribution in [2.75, 3.05) is 0 Å². The highest BCUT2D eigenvalue weighted by Crippen LogP contribution is 2.37. The second-order valence-corrected chi connectivity index (χ2v) is 5.95. The first-order valence-electron chi connectivity index (χ1n) is 6.74. The van der Waals surface area contributed by atoms with Crippen LogP contribution in [0.3, 0.4) is 0 Å². The van der Waals surface area contributed by atoms with Crippen LogP contribution in [0.25, 0.3) is 20.5 Å². The lowest BCUT2D eigenvalue weighted by atomic mass is 9.97. The van der Waals surface area contributed by atoms with E-state index in [1.165, 1.54) is 26.1 Å². The Hall–Kier alpha value is -1.61. The zero-order chi connectivity index (χ0) is 13.9. The summed E-state index contributed by atoms with van der Waals surface area (Å²) in [4.78, 5) is 1.28. The zero-order valence-corrected chi connectivity index (χ0v) is 13.3. The Labute approximate surface area is 135 Å². The Morgan fingerprint density at radius 1 is 1.10 bits per heavy atom. The fraction of sp³-hybridized carbons (Fsp3) is 0.111. The number of thiophene rings is 1. The predicted molar refractivity (Wildman–Crippen MR) is 96.3 cm³/mol. The Bertz CT molecular complexity index is 715. The van der Waals surface area contributed by atoms with Crippen molar-refractivity contribution in [2.45, 2.75) is 12.5 Å². The molecule has 0 aliphatic carbocycles. The van der Waals surface area contributed by atoms with Gasteiger partial charge in [0.25, 0.3) is 0 Å². The molecule has 21 heavy (non-hydrogen) atoms. The van der Waals surface area contributed by atoms with Crippen LogP contribution in [0.4, 0.5) is 0 Å². The third kappa shape index (κ3) is 3.18. The van der Waals surface area contributed by atoms with Crippen LogP contribution in [0.1, 0.15) is 18.0 Å². The van der Waals surface area contributed by atoms with Gasteiger partial charge in [0, 0.05) is 15.6 Å². The summed E-state index contributed by atoms with van der Waals surface area (Å²) < 4.78 is 1.31. The molecular formula is C18H18ClNS. The SMILES string of the molecule is C=CCC(N)c1ccccc1-c1cc2ccccc2s1.Cl. The first-order valence-corrected chi connectivity index (χ1v) is 7.55. The minimum atomic E-state index is 0. The van der Waals surface area contributed by atoms with Crippen molar-refractivity contribution in [1.29, 1.82) is 0 Å². The van der Waals surface area contributed by atoms with Gasteiger partial charge in [-0.05, 0) is 35.1 Å². The van der Waals surface area contributed by atoms with Gasteiger partial charge in [0.05, 0.1) is 0 Å². The van der Waals surface area contributed by atoms with Crippen molar-refractivity contribution in [2.24, 2.45) is 5.73 Å². The van der Waals surface area contributed by atoms with Gasteiger partial charge in [0.2, 0.25) is 0 Å². The lowest BCUT2D eigenvalue weighted by molar-refractivity contribution is 0.744. The smallest absolute Gasteiger partial charge is 0.0358 e. The highest BCUT2D eigenvalue weighted by molar-refractivity contribution is 7.22. The second-order valence-electron chi connectivity index (χ2n) is 4.87. The molecular weight excluding hydrogens is 298 g/mol. The van der Waals surface area contributed by atoms with E-state index in [1.54, 1.807) is 0 Å². The van der Waals surface area contributed by atoms with Gasteiger partial charge in [-0.15, -0.1) is 30.3 Å². The monoisotopic (exact) mass is 315 g/mol. The molecule has 0 aliphatic rings. The highest BCUT2D eigenvalue weighted by atomic mass is 35.5. The van der Waals surface area contributed by atoms with Crippen LogP contribution in [0.2, 0.25) is 0 Å². The minimum Gasteiger partial charge on any atom is -0.324 e. The molecule has 3 rings (SSSR count). The van der Waals surface area contributed by atoms with Gasteiger partial charge >= 0.3 is 0 Å². The van der Waals surface area contributed by atoms with E-state index in [9.17, 15) is 0 Å². The molecule has 2 aromatic carbocycles. The summed E-state index contributed by atoms with van der Waals surface area (Å²) in [5.41, 5.74) is 8.70. The number of fused-ring (bicyclic) bond motifs is 1. The van der Waals surface area contributed by atoms with Gasteiger partial charge in [-0.1, -0.05) is 48.5 Å². The van der Waals surface area contributed by atoms with Crippen LogP contribution in [-0.4, -0.2) is 0 Å². The zero-order valence-electron chi connectivity index (χ0n) is 11.7. The lowest BCUT2D eigenvalue weighted by Crippen LogP contribution is -2.10. The molecule has 0 bridgehead atoms. The molecule has 0 saturated carbocycles. The number of hydrogen-bond donors (Lipinski definition) is 1. The van der Waals surface area contributed by atoms with E-state index in [0.717, 1.165) is 6.42 Å². The summed E-state index contributed by atoms with van der Waals surface area (Å²) in [5.74, 6) is 0. The van der Waals surface area contributed by atoms with Crippen LogP contribution >= 0.6 is 23.7 Å². The van der Waals surface area contributed by atoms with Crippen LogP contribution in [0.15, 0.2) is 67.3 Å². The molecule has 3 heteroatoms. The standard InChI is InChI=1S/C18H17NS.ClH/c1-2-7-16(19)14-9-4-5-10-15(14)18-12-13-8-3-6-11-17(13)20-18;/h2-6,8-12,16H,1,7,19H2;1H. The summed E-state index contributed by atoms with van der Waals surface area (Å²) in [7, 11) is 0. The molecule has 3 aromatic rings. The van der Waals surface area contributed by atoms with Crippen molar-refractivity contribution in [3.63, 3.8) is 0 Å². The fourth-order valence-electron chi connectivity index (χ4n) is 2.47. The molecule has 1 nitrogen and oxygen atoms in total. The summed E-state index contributed by atoms with van der Waals surface area (Å²) in [6.45, 7) is 3.79. The van der Waals surface area contributed by atoms with Gasteiger partial charge in [-0.2, -0.15) is 0 Å². The van der Waals surface area contributed by atoms with E-state index < -0.39 is 0 Å². The Morgan fingerprint density at radius 2 is 1.81 bits per heavy atom. The molecule has 108 valence electrons. The van der Waals surface area contributed by atoms with Gasteiger partial charge in [0.15, 0.2) is 0 Å². The van der Waals surface area contributed by atoms with E-state index in [1.807, 2.05) is 17.4 Å². The molecule has 1 aromatic heterocycles. The highest BCUT2D eigenvalue weighted by Gasteiger charge is 2.12. The summed E-state index contributed by atoms with van der Waals surface area (Å²) in [5, 5.41) is 1.29. The third-order valence-corrected chi connectivity index (χ3v) is 4.62. The maximum atomic E-state index is 6.27. The molecule has 1 unspecified atom stereocenters. The first-order chi connectivity index (χ1) is 9.79. The Kier molecular flexibility index (Phi) is 5.18. The summed E-state index contributed by atoms with van der Waals surface area (Å²) >= 11 is 1.82. The van der Waals surface area contributed by atoms with Gasteiger partial charge in [0.1, 0.15) is 0 Å². The number of benzene rings is 2. The summed E-state index contributed by atoms with van der Waals surface area (Å²) in [6, 6.07) is 19.1.